The van der Waals surface area contributed by atoms with Crippen molar-refractivity contribution in [2.24, 2.45) is 0 Å². The Morgan fingerprint density at radius 2 is 1.44 bits per heavy atom. The standard InChI is InChI=1S/C24H23NO2/c1-2-27-22-16-10-9-11-19(22)17-18-23(26)25-24(20-12-5-3-6-13-20)21-14-7-4-8-15-21/h3-18,24H,2H2,1H3,(H,25,26)/b18-17+. The van der Waals surface area contributed by atoms with E-state index >= 15 is 0 Å². The number of carbonyl (C=O) groups excluding carboxylic acids is 1. The molecule has 0 aliphatic rings. The predicted molar refractivity (Wildman–Crippen MR) is 110 cm³/mol. The zero-order chi connectivity index (χ0) is 18.9. The maximum Gasteiger partial charge on any atom is 0.244 e. The number of para-hydroxylation sites is 1. The van der Waals surface area contributed by atoms with Crippen molar-refractivity contribution in [1.82, 2.24) is 5.32 Å². The van der Waals surface area contributed by atoms with Crippen LogP contribution in [-0.2, 0) is 4.79 Å². The molecule has 0 aromatic heterocycles. The lowest BCUT2D eigenvalue weighted by Crippen LogP contribution is -2.27. The van der Waals surface area contributed by atoms with E-state index in [1.807, 2.05) is 91.9 Å². The van der Waals surface area contributed by atoms with Gasteiger partial charge in [0.1, 0.15) is 5.75 Å². The molecule has 0 atom stereocenters. The summed E-state index contributed by atoms with van der Waals surface area (Å²) in [5.41, 5.74) is 2.96. The van der Waals surface area contributed by atoms with Gasteiger partial charge < -0.3 is 10.1 Å². The van der Waals surface area contributed by atoms with Crippen molar-refractivity contribution in [3.05, 3.63) is 108 Å². The van der Waals surface area contributed by atoms with E-state index in [9.17, 15) is 4.79 Å². The summed E-state index contributed by atoms with van der Waals surface area (Å²) in [6.45, 7) is 2.53. The fourth-order valence-corrected chi connectivity index (χ4v) is 2.91. The number of hydrogen-bond donors (Lipinski definition) is 1. The molecular formula is C24H23NO2. The molecule has 0 spiro atoms. The highest BCUT2D eigenvalue weighted by Crippen LogP contribution is 2.22. The molecule has 1 amide bonds. The Hall–Kier alpha value is -3.33. The maximum absolute atomic E-state index is 12.6. The van der Waals surface area contributed by atoms with Crippen LogP contribution in [0, 0.1) is 0 Å². The number of ether oxygens (including phenoxy) is 1. The van der Waals surface area contributed by atoms with Gasteiger partial charge >= 0.3 is 0 Å². The highest BCUT2D eigenvalue weighted by molar-refractivity contribution is 5.92. The molecule has 3 heteroatoms. The average molecular weight is 357 g/mol. The minimum absolute atomic E-state index is 0.154. The lowest BCUT2D eigenvalue weighted by atomic mass is 9.98. The monoisotopic (exact) mass is 357 g/mol. The average Bonchev–Trinajstić information content (AvgIpc) is 2.73. The summed E-state index contributed by atoms with van der Waals surface area (Å²) in [4.78, 5) is 12.6. The van der Waals surface area contributed by atoms with Crippen molar-refractivity contribution in [2.75, 3.05) is 6.61 Å². The quantitative estimate of drug-likeness (QED) is 0.604. The Morgan fingerprint density at radius 3 is 2.04 bits per heavy atom. The highest BCUT2D eigenvalue weighted by Gasteiger charge is 2.15. The lowest BCUT2D eigenvalue weighted by molar-refractivity contribution is -0.116. The Morgan fingerprint density at radius 1 is 0.889 bits per heavy atom. The summed E-state index contributed by atoms with van der Waals surface area (Å²) in [7, 11) is 0. The third kappa shape index (κ3) is 5.08. The smallest absolute Gasteiger partial charge is 0.244 e. The molecule has 3 aromatic carbocycles. The van der Waals surface area contributed by atoms with Crippen molar-refractivity contribution >= 4 is 12.0 Å². The van der Waals surface area contributed by atoms with Crippen LogP contribution < -0.4 is 10.1 Å². The van der Waals surface area contributed by atoms with E-state index in [2.05, 4.69) is 5.32 Å². The molecule has 0 aliphatic carbocycles. The van der Waals surface area contributed by atoms with E-state index in [1.54, 1.807) is 12.2 Å². The SMILES string of the molecule is CCOc1ccccc1/C=C/C(=O)NC(c1ccccc1)c1ccccc1. The number of benzene rings is 3. The molecule has 0 heterocycles. The molecule has 1 N–H and O–H groups in total. The van der Waals surface area contributed by atoms with Crippen LogP contribution in [-0.4, -0.2) is 12.5 Å². The van der Waals surface area contributed by atoms with Gasteiger partial charge in [0, 0.05) is 11.6 Å². The molecule has 3 nitrogen and oxygen atoms in total. The third-order valence-corrected chi connectivity index (χ3v) is 4.19. The molecule has 0 unspecified atom stereocenters. The third-order valence-electron chi connectivity index (χ3n) is 4.19. The van der Waals surface area contributed by atoms with Gasteiger partial charge in [-0.3, -0.25) is 4.79 Å². The van der Waals surface area contributed by atoms with Crippen LogP contribution in [0.5, 0.6) is 5.75 Å². The molecule has 0 fully saturated rings. The van der Waals surface area contributed by atoms with E-state index in [0.29, 0.717) is 6.61 Å². The predicted octanol–water partition coefficient (Wildman–Crippen LogP) is 5.00. The minimum Gasteiger partial charge on any atom is -0.493 e. The van der Waals surface area contributed by atoms with Crippen LogP contribution in [0.3, 0.4) is 0 Å². The molecule has 3 rings (SSSR count). The van der Waals surface area contributed by atoms with Crippen LogP contribution in [0.1, 0.15) is 29.7 Å². The summed E-state index contributed by atoms with van der Waals surface area (Å²) in [5.74, 6) is 0.616. The van der Waals surface area contributed by atoms with Gasteiger partial charge in [0.05, 0.1) is 12.6 Å². The molecule has 0 saturated carbocycles. The number of nitrogens with one attached hydrogen (secondary N) is 1. The van der Waals surface area contributed by atoms with Crippen LogP contribution in [0.4, 0.5) is 0 Å². The van der Waals surface area contributed by atoms with E-state index in [0.717, 1.165) is 22.4 Å². The first-order valence-electron chi connectivity index (χ1n) is 9.08. The normalized spacial score (nSPS) is 10.9. The summed E-state index contributed by atoms with van der Waals surface area (Å²) in [6.07, 6.45) is 3.34. The molecule has 136 valence electrons. The number of amides is 1. The molecule has 0 saturated heterocycles. The van der Waals surface area contributed by atoms with Crippen LogP contribution in [0.2, 0.25) is 0 Å². The first kappa shape index (κ1) is 18.5. The molecular weight excluding hydrogens is 334 g/mol. The van der Waals surface area contributed by atoms with E-state index in [1.165, 1.54) is 0 Å². The zero-order valence-electron chi connectivity index (χ0n) is 15.3. The largest absolute Gasteiger partial charge is 0.493 e. The van der Waals surface area contributed by atoms with Gasteiger partial charge in [-0.1, -0.05) is 78.9 Å². The molecule has 27 heavy (non-hydrogen) atoms. The summed E-state index contributed by atoms with van der Waals surface area (Å²) >= 11 is 0. The Kier molecular flexibility index (Phi) is 6.42. The van der Waals surface area contributed by atoms with Crippen molar-refractivity contribution < 1.29 is 9.53 Å². The topological polar surface area (TPSA) is 38.3 Å². The fraction of sp³-hybridized carbons (Fsp3) is 0.125. The van der Waals surface area contributed by atoms with Gasteiger partial charge in [0.2, 0.25) is 5.91 Å². The molecule has 0 radical (unpaired) electrons. The van der Waals surface area contributed by atoms with Crippen LogP contribution >= 0.6 is 0 Å². The van der Waals surface area contributed by atoms with Crippen LogP contribution in [0.25, 0.3) is 6.08 Å². The van der Waals surface area contributed by atoms with Gasteiger partial charge in [0.25, 0.3) is 0 Å². The Labute approximate surface area is 160 Å². The van der Waals surface area contributed by atoms with Gasteiger partial charge in [-0.2, -0.15) is 0 Å². The van der Waals surface area contributed by atoms with Crippen molar-refractivity contribution in [3.8, 4) is 5.75 Å². The van der Waals surface area contributed by atoms with Crippen molar-refractivity contribution in [1.29, 1.82) is 0 Å². The lowest BCUT2D eigenvalue weighted by Gasteiger charge is -2.19. The fourth-order valence-electron chi connectivity index (χ4n) is 2.91. The second kappa shape index (κ2) is 9.39. The first-order chi connectivity index (χ1) is 13.3. The summed E-state index contributed by atoms with van der Waals surface area (Å²) in [5, 5.41) is 3.10. The number of carbonyl (C=O) groups is 1. The maximum atomic E-state index is 12.6. The van der Waals surface area contributed by atoms with Crippen molar-refractivity contribution in [2.45, 2.75) is 13.0 Å². The number of hydrogen-bond acceptors (Lipinski definition) is 2. The van der Waals surface area contributed by atoms with Gasteiger partial charge in [-0.05, 0) is 30.2 Å². The second-order valence-electron chi connectivity index (χ2n) is 6.07. The highest BCUT2D eigenvalue weighted by atomic mass is 16.5. The van der Waals surface area contributed by atoms with E-state index in [-0.39, 0.29) is 11.9 Å². The van der Waals surface area contributed by atoms with Gasteiger partial charge in [0.15, 0.2) is 0 Å². The molecule has 0 bridgehead atoms. The Balaban J connectivity index is 1.79. The molecule has 0 aliphatic heterocycles. The van der Waals surface area contributed by atoms with Crippen LogP contribution in [0.15, 0.2) is 91.0 Å². The molecule has 3 aromatic rings. The van der Waals surface area contributed by atoms with E-state index in [4.69, 9.17) is 4.74 Å². The van der Waals surface area contributed by atoms with Crippen molar-refractivity contribution in [3.63, 3.8) is 0 Å². The Bertz CT molecular complexity index is 849. The minimum atomic E-state index is -0.202. The summed E-state index contributed by atoms with van der Waals surface area (Å²) < 4.78 is 5.61. The van der Waals surface area contributed by atoms with E-state index < -0.39 is 0 Å². The summed E-state index contributed by atoms with van der Waals surface area (Å²) in [6, 6.07) is 27.4. The number of rotatable bonds is 7. The van der Waals surface area contributed by atoms with Gasteiger partial charge in [-0.15, -0.1) is 0 Å². The zero-order valence-corrected chi connectivity index (χ0v) is 15.3. The second-order valence-corrected chi connectivity index (χ2v) is 6.07. The first-order valence-corrected chi connectivity index (χ1v) is 9.08. The van der Waals surface area contributed by atoms with Gasteiger partial charge in [-0.25, -0.2) is 0 Å².